The number of nitrogens with one attached hydrogen (secondary N) is 1. The van der Waals surface area contributed by atoms with Crippen LogP contribution in [0.15, 0.2) is 40.9 Å². The second kappa shape index (κ2) is 7.97. The normalized spacial score (nSPS) is 10.4. The SMILES string of the molecule is COc1ccc(C)cc1CCNC(=O)c1cc(Br)ccc1I. The number of ether oxygens (including phenoxy) is 1. The second-order valence-corrected chi connectivity index (χ2v) is 7.02. The zero-order chi connectivity index (χ0) is 16.1. The predicted molar refractivity (Wildman–Crippen MR) is 101 cm³/mol. The topological polar surface area (TPSA) is 38.3 Å². The van der Waals surface area contributed by atoms with Crippen molar-refractivity contribution in [3.8, 4) is 5.75 Å². The minimum Gasteiger partial charge on any atom is -0.496 e. The summed E-state index contributed by atoms with van der Waals surface area (Å²) in [4.78, 5) is 12.3. The van der Waals surface area contributed by atoms with E-state index in [9.17, 15) is 4.79 Å². The van der Waals surface area contributed by atoms with E-state index < -0.39 is 0 Å². The Morgan fingerprint density at radius 1 is 1.27 bits per heavy atom. The van der Waals surface area contributed by atoms with Crippen molar-refractivity contribution in [3.05, 3.63) is 61.1 Å². The monoisotopic (exact) mass is 473 g/mol. The van der Waals surface area contributed by atoms with Crippen molar-refractivity contribution in [2.45, 2.75) is 13.3 Å². The molecule has 2 aromatic rings. The molecule has 0 atom stereocenters. The summed E-state index contributed by atoms with van der Waals surface area (Å²) in [5, 5.41) is 2.97. The Kier molecular flexibility index (Phi) is 6.26. The van der Waals surface area contributed by atoms with Crippen molar-refractivity contribution < 1.29 is 9.53 Å². The first-order valence-electron chi connectivity index (χ1n) is 6.88. The molecule has 0 saturated carbocycles. The molecular weight excluding hydrogens is 457 g/mol. The van der Waals surface area contributed by atoms with Crippen molar-refractivity contribution in [2.75, 3.05) is 13.7 Å². The highest BCUT2D eigenvalue weighted by molar-refractivity contribution is 14.1. The second-order valence-electron chi connectivity index (χ2n) is 4.95. The van der Waals surface area contributed by atoms with E-state index in [0.717, 1.165) is 25.8 Å². The minimum absolute atomic E-state index is 0.0580. The predicted octanol–water partition coefficient (Wildman–Crippen LogP) is 4.34. The van der Waals surface area contributed by atoms with Gasteiger partial charge in [0.25, 0.3) is 5.91 Å². The zero-order valence-electron chi connectivity index (χ0n) is 12.5. The Labute approximate surface area is 152 Å². The Bertz CT molecular complexity index is 688. The van der Waals surface area contributed by atoms with Gasteiger partial charge in [-0.3, -0.25) is 4.79 Å². The molecule has 0 aliphatic carbocycles. The summed E-state index contributed by atoms with van der Waals surface area (Å²) in [6.07, 6.45) is 0.737. The van der Waals surface area contributed by atoms with Gasteiger partial charge in [-0.25, -0.2) is 0 Å². The van der Waals surface area contributed by atoms with E-state index >= 15 is 0 Å². The lowest BCUT2D eigenvalue weighted by molar-refractivity contribution is 0.0953. The van der Waals surface area contributed by atoms with E-state index in [1.54, 1.807) is 7.11 Å². The number of halogens is 2. The molecule has 0 saturated heterocycles. The lowest BCUT2D eigenvalue weighted by Gasteiger charge is -2.11. The van der Waals surface area contributed by atoms with Gasteiger partial charge < -0.3 is 10.1 Å². The molecule has 22 heavy (non-hydrogen) atoms. The quantitative estimate of drug-likeness (QED) is 0.656. The first kappa shape index (κ1) is 17.3. The summed E-state index contributed by atoms with van der Waals surface area (Å²) in [6.45, 7) is 2.62. The van der Waals surface area contributed by atoms with Gasteiger partial charge in [0.05, 0.1) is 12.7 Å². The van der Waals surface area contributed by atoms with Gasteiger partial charge in [0.2, 0.25) is 0 Å². The Morgan fingerprint density at radius 2 is 2.05 bits per heavy atom. The van der Waals surface area contributed by atoms with Gasteiger partial charge in [0.1, 0.15) is 5.75 Å². The maximum absolute atomic E-state index is 12.3. The van der Waals surface area contributed by atoms with Crippen LogP contribution in [0, 0.1) is 10.5 Å². The number of aryl methyl sites for hydroxylation is 1. The van der Waals surface area contributed by atoms with Gasteiger partial charge >= 0.3 is 0 Å². The van der Waals surface area contributed by atoms with Crippen LogP contribution in [0.2, 0.25) is 0 Å². The third-order valence-corrected chi connectivity index (χ3v) is 4.72. The highest BCUT2D eigenvalue weighted by Crippen LogP contribution is 2.20. The molecule has 5 heteroatoms. The minimum atomic E-state index is -0.0580. The highest BCUT2D eigenvalue weighted by atomic mass is 127. The van der Waals surface area contributed by atoms with E-state index in [1.165, 1.54) is 5.56 Å². The molecule has 0 unspecified atom stereocenters. The third-order valence-electron chi connectivity index (χ3n) is 3.29. The molecule has 116 valence electrons. The smallest absolute Gasteiger partial charge is 0.252 e. The van der Waals surface area contributed by atoms with E-state index in [-0.39, 0.29) is 5.91 Å². The molecule has 0 aliphatic rings. The van der Waals surface area contributed by atoms with Crippen LogP contribution in [0.1, 0.15) is 21.5 Å². The molecule has 0 aliphatic heterocycles. The van der Waals surface area contributed by atoms with E-state index in [0.29, 0.717) is 12.1 Å². The van der Waals surface area contributed by atoms with Gasteiger partial charge in [0, 0.05) is 14.6 Å². The number of benzene rings is 2. The van der Waals surface area contributed by atoms with Crippen molar-refractivity contribution in [3.63, 3.8) is 0 Å². The van der Waals surface area contributed by atoms with Crippen LogP contribution < -0.4 is 10.1 Å². The van der Waals surface area contributed by atoms with Crippen LogP contribution in [-0.2, 0) is 6.42 Å². The number of carbonyl (C=O) groups excluding carboxylic acids is 1. The molecule has 3 nitrogen and oxygen atoms in total. The summed E-state index contributed by atoms with van der Waals surface area (Å²) >= 11 is 5.57. The average Bonchev–Trinajstić information content (AvgIpc) is 2.50. The van der Waals surface area contributed by atoms with Crippen molar-refractivity contribution in [2.24, 2.45) is 0 Å². The molecule has 0 aromatic heterocycles. The van der Waals surface area contributed by atoms with Crippen LogP contribution >= 0.6 is 38.5 Å². The Morgan fingerprint density at radius 3 is 2.77 bits per heavy atom. The first-order valence-corrected chi connectivity index (χ1v) is 8.75. The first-order chi connectivity index (χ1) is 10.5. The zero-order valence-corrected chi connectivity index (χ0v) is 16.2. The van der Waals surface area contributed by atoms with E-state index in [4.69, 9.17) is 4.74 Å². The fourth-order valence-electron chi connectivity index (χ4n) is 2.18. The molecule has 0 heterocycles. The van der Waals surface area contributed by atoms with Crippen LogP contribution in [0.4, 0.5) is 0 Å². The standard InChI is InChI=1S/C17H17BrINO2/c1-11-3-6-16(22-2)12(9-11)7-8-20-17(21)14-10-13(18)4-5-15(14)19/h3-6,9-10H,7-8H2,1-2H3,(H,20,21). The average molecular weight is 474 g/mol. The number of methoxy groups -OCH3 is 1. The molecule has 0 radical (unpaired) electrons. The van der Waals surface area contributed by atoms with Crippen molar-refractivity contribution in [1.82, 2.24) is 5.32 Å². The summed E-state index contributed by atoms with van der Waals surface area (Å²) in [6, 6.07) is 11.8. The number of amides is 1. The van der Waals surface area contributed by atoms with Gasteiger partial charge in [0.15, 0.2) is 0 Å². The largest absolute Gasteiger partial charge is 0.496 e. The van der Waals surface area contributed by atoms with Crippen molar-refractivity contribution >= 4 is 44.4 Å². The Balaban J connectivity index is 2.00. The lowest BCUT2D eigenvalue weighted by Crippen LogP contribution is -2.26. The van der Waals surface area contributed by atoms with E-state index in [2.05, 4.69) is 49.9 Å². The molecular formula is C17H17BrINO2. The molecule has 2 rings (SSSR count). The highest BCUT2D eigenvalue weighted by Gasteiger charge is 2.10. The molecule has 0 fully saturated rings. The molecule has 1 amide bonds. The lowest BCUT2D eigenvalue weighted by atomic mass is 10.1. The number of rotatable bonds is 5. The fraction of sp³-hybridized carbons (Fsp3) is 0.235. The molecule has 2 aromatic carbocycles. The van der Waals surface area contributed by atoms with Crippen LogP contribution in [0.25, 0.3) is 0 Å². The molecule has 1 N–H and O–H groups in total. The van der Waals surface area contributed by atoms with Crippen molar-refractivity contribution in [1.29, 1.82) is 0 Å². The maximum Gasteiger partial charge on any atom is 0.252 e. The summed E-state index contributed by atoms with van der Waals surface area (Å²) in [7, 11) is 1.66. The number of hydrogen-bond acceptors (Lipinski definition) is 2. The molecule has 0 spiro atoms. The fourth-order valence-corrected chi connectivity index (χ4v) is 3.12. The molecule has 0 bridgehead atoms. The Hall–Kier alpha value is -1.08. The summed E-state index contributed by atoms with van der Waals surface area (Å²) in [5.74, 6) is 0.800. The summed E-state index contributed by atoms with van der Waals surface area (Å²) < 4.78 is 7.20. The van der Waals surface area contributed by atoms with E-state index in [1.807, 2.05) is 37.3 Å². The van der Waals surface area contributed by atoms with Gasteiger partial charge in [-0.1, -0.05) is 33.6 Å². The third kappa shape index (κ3) is 4.46. The van der Waals surface area contributed by atoms with Crippen LogP contribution in [-0.4, -0.2) is 19.6 Å². The van der Waals surface area contributed by atoms with Gasteiger partial charge in [-0.2, -0.15) is 0 Å². The summed E-state index contributed by atoms with van der Waals surface area (Å²) in [5.41, 5.74) is 2.97. The van der Waals surface area contributed by atoms with Gasteiger partial charge in [-0.05, 0) is 65.8 Å². The van der Waals surface area contributed by atoms with Crippen LogP contribution in [0.5, 0.6) is 5.75 Å². The number of carbonyl (C=O) groups is 1. The van der Waals surface area contributed by atoms with Gasteiger partial charge in [-0.15, -0.1) is 0 Å². The maximum atomic E-state index is 12.3. The number of hydrogen-bond donors (Lipinski definition) is 1. The van der Waals surface area contributed by atoms with Crippen LogP contribution in [0.3, 0.4) is 0 Å².